The van der Waals surface area contributed by atoms with E-state index in [-0.39, 0.29) is 51.0 Å². The first kappa shape index (κ1) is 39.5. The fourth-order valence-electron chi connectivity index (χ4n) is 6.65. The largest absolute Gasteiger partial charge is 0.547 e. The fraction of sp³-hybridized carbons (Fsp3) is 0.303. The molecule has 1 unspecified atom stereocenters. The summed E-state index contributed by atoms with van der Waals surface area (Å²) in [7, 11) is -1.97. The van der Waals surface area contributed by atoms with Gasteiger partial charge in [-0.2, -0.15) is 0 Å². The molecule has 17 nitrogen and oxygen atoms in total. The minimum atomic E-state index is -2.02. The molecular formula is C33H30BClF4N6O11. The number of fused-ring (bicyclic) bond motifs is 1. The highest BCUT2D eigenvalue weighted by molar-refractivity contribution is 6.47. The van der Waals surface area contributed by atoms with Gasteiger partial charge in [-0.05, 0) is 49.1 Å². The molecule has 2 atom stereocenters. The Kier molecular flexibility index (Phi) is 11.0. The number of nitrogens with zero attached hydrogens (tertiary/aromatic N) is 3. The lowest BCUT2D eigenvalue weighted by Crippen LogP contribution is -2.56. The van der Waals surface area contributed by atoms with Crippen LogP contribution in [0.25, 0.3) is 0 Å². The molecule has 3 aliphatic heterocycles. The van der Waals surface area contributed by atoms with Crippen molar-refractivity contribution in [2.75, 3.05) is 31.5 Å². The van der Waals surface area contributed by atoms with Gasteiger partial charge in [-0.15, -0.1) is 0 Å². The predicted octanol–water partition coefficient (Wildman–Crippen LogP) is 3.04. The highest BCUT2D eigenvalue weighted by atomic mass is 35.5. The average Bonchev–Trinajstić information content (AvgIpc) is 3.55. The summed E-state index contributed by atoms with van der Waals surface area (Å²) in [5.41, 5.74) is -2.23. The van der Waals surface area contributed by atoms with Crippen LogP contribution >= 0.6 is 11.6 Å². The van der Waals surface area contributed by atoms with E-state index in [2.05, 4.69) is 16.0 Å². The number of anilines is 1. The molecule has 0 spiro atoms. The number of aromatic carboxylic acids is 1. The molecular weight excluding hydrogens is 779 g/mol. The number of rotatable bonds is 7. The maximum Gasteiger partial charge on any atom is 0.547 e. The molecule has 2 saturated heterocycles. The smallest absolute Gasteiger partial charge is 0.534 e. The molecule has 0 aromatic heterocycles. The number of nitrogens with one attached hydrogen (secondary N) is 3. The van der Waals surface area contributed by atoms with Gasteiger partial charge in [0.15, 0.2) is 28.9 Å². The number of halogens is 5. The van der Waals surface area contributed by atoms with Gasteiger partial charge < -0.3 is 55.9 Å². The first-order valence-electron chi connectivity index (χ1n) is 16.7. The van der Waals surface area contributed by atoms with E-state index in [4.69, 9.17) is 16.3 Å². The van der Waals surface area contributed by atoms with Crippen molar-refractivity contribution in [1.82, 2.24) is 25.3 Å². The van der Waals surface area contributed by atoms with Crippen LogP contribution in [0.2, 0.25) is 5.02 Å². The number of phenolic OH excluding ortho intramolecular Hbond substituents is 3. The highest BCUT2D eigenvalue weighted by Crippen LogP contribution is 2.41. The molecule has 0 aliphatic carbocycles. The number of hydrogen-bond donors (Lipinski definition) is 8. The van der Waals surface area contributed by atoms with Crippen LogP contribution in [0.3, 0.4) is 0 Å². The second-order valence-electron chi connectivity index (χ2n) is 12.9. The quantitative estimate of drug-likeness (QED) is 0.0981. The number of carboxylic acids is 1. The van der Waals surface area contributed by atoms with Gasteiger partial charge in [0.05, 0.1) is 11.0 Å². The second-order valence-corrected chi connectivity index (χ2v) is 13.3. The molecule has 296 valence electrons. The van der Waals surface area contributed by atoms with Gasteiger partial charge in [0.2, 0.25) is 5.91 Å². The van der Waals surface area contributed by atoms with Crippen molar-refractivity contribution in [2.45, 2.75) is 37.3 Å². The molecule has 0 saturated carbocycles. The molecule has 6 rings (SSSR count). The normalized spacial score (nSPS) is 17.6. The van der Waals surface area contributed by atoms with E-state index in [9.17, 15) is 67.0 Å². The van der Waals surface area contributed by atoms with E-state index < -0.39 is 123 Å². The Bertz CT molecular complexity index is 2150. The van der Waals surface area contributed by atoms with Crippen molar-refractivity contribution in [3.8, 4) is 23.0 Å². The number of carbonyl (C=O) groups is 5. The lowest BCUT2D eigenvalue weighted by Gasteiger charge is -2.36. The van der Waals surface area contributed by atoms with Crippen LogP contribution in [0.5, 0.6) is 23.0 Å². The fourth-order valence-corrected chi connectivity index (χ4v) is 6.90. The third kappa shape index (κ3) is 7.43. The first-order valence-corrected chi connectivity index (χ1v) is 17.1. The maximum absolute atomic E-state index is 14.7. The Hall–Kier alpha value is -6.16. The van der Waals surface area contributed by atoms with Gasteiger partial charge in [-0.3, -0.25) is 4.79 Å². The van der Waals surface area contributed by atoms with Gasteiger partial charge in [0.25, 0.3) is 0 Å². The van der Waals surface area contributed by atoms with Crippen molar-refractivity contribution in [3.05, 3.63) is 75.3 Å². The molecule has 2 fully saturated rings. The zero-order valence-electron chi connectivity index (χ0n) is 28.6. The number of carboxylic acid groups (broad SMARTS) is 1. The minimum absolute atomic E-state index is 0.000977. The van der Waals surface area contributed by atoms with Gasteiger partial charge in [0, 0.05) is 37.8 Å². The van der Waals surface area contributed by atoms with Crippen LogP contribution in [0.15, 0.2) is 30.3 Å². The average molecular weight is 809 g/mol. The van der Waals surface area contributed by atoms with Crippen molar-refractivity contribution < 1.29 is 71.6 Å². The highest BCUT2D eigenvalue weighted by Gasteiger charge is 2.43. The Morgan fingerprint density at radius 1 is 0.911 bits per heavy atom. The maximum atomic E-state index is 14.7. The number of piperidine rings is 1. The van der Waals surface area contributed by atoms with Crippen LogP contribution in [-0.2, 0) is 11.2 Å². The standard InChI is InChI=1S/C33H30BClF4N6O11/c35-22-15(12-18(38)26(47)27(22)48)24(29(49)40-20-11-13-1-2-16(36)21(30(50)51)28(13)56-34(20)55)41-32(53)45-10-9-44(33(45)54)14-5-7-43(8-6-14)31(52)42-25-17(37)3-4-19(46)23(25)39/h1-4,12,14,20,24,46-48,55H,5-11H2,(H,40,49)(H,41,53)(H,42,52)(H,50,51)/t20-,24?/m0/s1. The number of hydrogen-bond acceptors (Lipinski definition) is 10. The number of likely N-dealkylation sites (tertiary alicyclic amines) is 1. The first-order chi connectivity index (χ1) is 26.5. The van der Waals surface area contributed by atoms with Gasteiger partial charge in [-0.1, -0.05) is 17.7 Å². The molecule has 3 aromatic carbocycles. The monoisotopic (exact) mass is 808 g/mol. The zero-order chi connectivity index (χ0) is 40.7. The number of imide groups is 1. The van der Waals surface area contributed by atoms with E-state index in [1.165, 1.54) is 9.80 Å². The Morgan fingerprint density at radius 2 is 1.59 bits per heavy atom. The summed E-state index contributed by atoms with van der Waals surface area (Å²) in [6.07, 6.45) is 0.0414. The topological polar surface area (TPSA) is 242 Å². The predicted molar refractivity (Wildman–Crippen MR) is 184 cm³/mol. The van der Waals surface area contributed by atoms with Crippen LogP contribution in [-0.4, -0.2) is 115 Å². The number of phenols is 3. The number of amides is 7. The molecule has 56 heavy (non-hydrogen) atoms. The van der Waals surface area contributed by atoms with E-state index >= 15 is 0 Å². The van der Waals surface area contributed by atoms with Crippen LogP contribution in [0.4, 0.5) is 37.6 Å². The molecule has 23 heteroatoms. The third-order valence-electron chi connectivity index (χ3n) is 9.57. The number of aromatic hydroxyl groups is 3. The SMILES string of the molecule is O=C(O)c1c(F)ccc2c1OB(O)[C@@H](NC(=O)C(NC(=O)N1CCN(C3CCN(C(=O)Nc4c(F)ccc(O)c4F)CC3)C1=O)c1cc(F)c(O)c(O)c1Cl)C2. The molecule has 7 amide bonds. The van der Waals surface area contributed by atoms with Gasteiger partial charge in [0.1, 0.15) is 34.7 Å². The van der Waals surface area contributed by atoms with Crippen molar-refractivity contribution in [3.63, 3.8) is 0 Å². The minimum Gasteiger partial charge on any atom is -0.534 e. The molecule has 3 aromatic rings. The number of benzene rings is 3. The summed E-state index contributed by atoms with van der Waals surface area (Å²) in [6.45, 7) is -0.163. The van der Waals surface area contributed by atoms with E-state index in [1.54, 1.807) is 0 Å². The van der Waals surface area contributed by atoms with Crippen molar-refractivity contribution in [1.29, 1.82) is 0 Å². The Balaban J connectivity index is 1.15. The summed E-state index contributed by atoms with van der Waals surface area (Å²) >= 11 is 6.17. The van der Waals surface area contributed by atoms with E-state index in [0.717, 1.165) is 24.3 Å². The molecule has 3 heterocycles. The number of urea groups is 3. The lowest BCUT2D eigenvalue weighted by atomic mass is 9.72. The van der Waals surface area contributed by atoms with E-state index in [0.29, 0.717) is 11.0 Å². The van der Waals surface area contributed by atoms with Gasteiger partial charge in [-0.25, -0.2) is 41.6 Å². The Labute approximate surface area is 318 Å². The second kappa shape index (κ2) is 15.5. The van der Waals surface area contributed by atoms with Gasteiger partial charge >= 0.3 is 31.2 Å². The molecule has 8 N–H and O–H groups in total. The Morgan fingerprint density at radius 3 is 2.27 bits per heavy atom. The summed E-state index contributed by atoms with van der Waals surface area (Å²) in [5.74, 6) is -13.2. The lowest BCUT2D eigenvalue weighted by molar-refractivity contribution is -0.123. The molecule has 0 bridgehead atoms. The van der Waals surface area contributed by atoms with Crippen LogP contribution in [0, 0.1) is 23.3 Å². The summed E-state index contributed by atoms with van der Waals surface area (Å²) in [6, 6.07) is -1.31. The molecule has 0 radical (unpaired) electrons. The van der Waals surface area contributed by atoms with Crippen LogP contribution in [0.1, 0.15) is 40.4 Å². The van der Waals surface area contributed by atoms with E-state index in [1.807, 2.05) is 0 Å². The van der Waals surface area contributed by atoms with Crippen molar-refractivity contribution >= 4 is 54.4 Å². The molecule has 3 aliphatic rings. The number of carbonyl (C=O) groups excluding carboxylic acids is 4. The summed E-state index contributed by atoms with van der Waals surface area (Å²) < 4.78 is 62.4. The third-order valence-corrected chi connectivity index (χ3v) is 9.97. The van der Waals surface area contributed by atoms with Crippen LogP contribution < -0.4 is 20.6 Å². The summed E-state index contributed by atoms with van der Waals surface area (Å²) in [4.78, 5) is 68.5. The van der Waals surface area contributed by atoms with Crippen molar-refractivity contribution in [2.24, 2.45) is 0 Å². The zero-order valence-corrected chi connectivity index (χ0v) is 29.3. The summed E-state index contributed by atoms with van der Waals surface area (Å²) in [5, 5.41) is 55.6.